The van der Waals surface area contributed by atoms with Gasteiger partial charge in [0, 0.05) is 49.9 Å². The van der Waals surface area contributed by atoms with E-state index in [9.17, 15) is 9.59 Å². The molecule has 0 saturated carbocycles. The molecule has 2 aromatic carbocycles. The highest BCUT2D eigenvalue weighted by Gasteiger charge is 2.25. The lowest BCUT2D eigenvalue weighted by atomic mass is 9.97. The van der Waals surface area contributed by atoms with Crippen LogP contribution in [0.2, 0.25) is 0 Å². The number of carbonyl (C=O) groups excluding carboxylic acids is 2. The highest BCUT2D eigenvalue weighted by atomic mass is 16.2. The number of fused-ring (bicyclic) bond motifs is 1. The fraction of sp³-hybridized carbons (Fsp3) is 0.370. The zero-order chi connectivity index (χ0) is 23.7. The van der Waals surface area contributed by atoms with Crippen molar-refractivity contribution in [3.05, 3.63) is 77.1 Å². The van der Waals surface area contributed by atoms with Gasteiger partial charge >= 0.3 is 0 Å². The number of aryl methyl sites for hydroxylation is 1. The second-order valence-corrected chi connectivity index (χ2v) is 9.58. The molecular formula is C27H31N5O2. The van der Waals surface area contributed by atoms with E-state index >= 15 is 0 Å². The second-order valence-electron chi connectivity index (χ2n) is 9.58. The van der Waals surface area contributed by atoms with Gasteiger partial charge in [-0.15, -0.1) is 0 Å². The number of nitrogens with zero attached hydrogens (tertiary/aromatic N) is 4. The van der Waals surface area contributed by atoms with Gasteiger partial charge in [-0.3, -0.25) is 14.3 Å². The van der Waals surface area contributed by atoms with Crippen molar-refractivity contribution in [2.75, 3.05) is 23.3 Å². The standard InChI is InChI=1S/C27H31N5O2/c1-19-8-12-30(13-9-19)25-14-20(2)4-7-24(25)27(34)29-23-6-5-21-16-31(17-22(21)15-23)26(33)18-32-11-3-10-28-32/h3-7,10-11,14-15,19H,8-9,12-13,16-18H2,1-2H3,(H,29,34). The maximum Gasteiger partial charge on any atom is 0.257 e. The molecule has 0 atom stereocenters. The van der Waals surface area contributed by atoms with E-state index < -0.39 is 0 Å². The number of amides is 2. The molecule has 2 amide bonds. The molecular weight excluding hydrogens is 426 g/mol. The fourth-order valence-electron chi connectivity index (χ4n) is 4.82. The molecule has 3 aromatic rings. The number of hydrogen-bond acceptors (Lipinski definition) is 4. The Labute approximate surface area is 200 Å². The minimum Gasteiger partial charge on any atom is -0.371 e. The van der Waals surface area contributed by atoms with Gasteiger partial charge < -0.3 is 15.1 Å². The molecule has 0 unspecified atom stereocenters. The molecule has 0 spiro atoms. The summed E-state index contributed by atoms with van der Waals surface area (Å²) in [6.45, 7) is 7.67. The molecule has 34 heavy (non-hydrogen) atoms. The molecule has 1 N–H and O–H groups in total. The van der Waals surface area contributed by atoms with E-state index in [1.165, 1.54) is 0 Å². The summed E-state index contributed by atoms with van der Waals surface area (Å²) < 4.78 is 1.64. The third kappa shape index (κ3) is 4.69. The monoisotopic (exact) mass is 457 g/mol. The SMILES string of the molecule is Cc1ccc(C(=O)Nc2ccc3c(c2)CN(C(=O)Cn2cccn2)C3)c(N2CCC(C)CC2)c1. The first kappa shape index (κ1) is 22.2. The largest absolute Gasteiger partial charge is 0.371 e. The second kappa shape index (κ2) is 9.33. The van der Waals surface area contributed by atoms with Gasteiger partial charge in [-0.2, -0.15) is 5.10 Å². The summed E-state index contributed by atoms with van der Waals surface area (Å²) in [5.74, 6) is 0.666. The van der Waals surface area contributed by atoms with Gasteiger partial charge in [0.2, 0.25) is 5.91 Å². The van der Waals surface area contributed by atoms with Crippen molar-refractivity contribution in [2.24, 2.45) is 5.92 Å². The molecule has 1 fully saturated rings. The van der Waals surface area contributed by atoms with Crippen molar-refractivity contribution in [2.45, 2.75) is 46.3 Å². The van der Waals surface area contributed by atoms with Crippen LogP contribution in [0.15, 0.2) is 54.9 Å². The Bertz CT molecular complexity index is 1200. The highest BCUT2D eigenvalue weighted by molar-refractivity contribution is 6.08. The molecule has 1 aromatic heterocycles. The number of nitrogens with one attached hydrogen (secondary N) is 1. The van der Waals surface area contributed by atoms with Gasteiger partial charge in [-0.1, -0.05) is 19.1 Å². The topological polar surface area (TPSA) is 70.5 Å². The quantitative estimate of drug-likeness (QED) is 0.623. The molecule has 5 rings (SSSR count). The summed E-state index contributed by atoms with van der Waals surface area (Å²) in [6.07, 6.45) is 5.76. The first-order chi connectivity index (χ1) is 16.5. The van der Waals surface area contributed by atoms with Crippen molar-refractivity contribution in [1.82, 2.24) is 14.7 Å². The molecule has 0 aliphatic carbocycles. The molecule has 3 heterocycles. The van der Waals surface area contributed by atoms with E-state index in [0.29, 0.717) is 18.7 Å². The van der Waals surface area contributed by atoms with Crippen LogP contribution in [0.5, 0.6) is 0 Å². The minimum absolute atomic E-state index is 0.0330. The Morgan fingerprint density at radius 1 is 1.06 bits per heavy atom. The van der Waals surface area contributed by atoms with Crippen molar-refractivity contribution in [3.63, 3.8) is 0 Å². The van der Waals surface area contributed by atoms with Crippen LogP contribution in [-0.4, -0.2) is 39.6 Å². The summed E-state index contributed by atoms with van der Waals surface area (Å²) in [6, 6.07) is 13.8. The molecule has 2 aliphatic heterocycles. The van der Waals surface area contributed by atoms with Crippen LogP contribution in [0.3, 0.4) is 0 Å². The Morgan fingerprint density at radius 3 is 2.62 bits per heavy atom. The molecule has 1 saturated heterocycles. The van der Waals surface area contributed by atoms with E-state index in [2.05, 4.69) is 35.2 Å². The maximum atomic E-state index is 13.3. The lowest BCUT2D eigenvalue weighted by Crippen LogP contribution is -2.34. The molecule has 0 radical (unpaired) electrons. The highest BCUT2D eigenvalue weighted by Crippen LogP contribution is 2.30. The summed E-state index contributed by atoms with van der Waals surface area (Å²) in [5, 5.41) is 7.21. The predicted octanol–water partition coefficient (Wildman–Crippen LogP) is 4.22. The van der Waals surface area contributed by atoms with Gasteiger partial charge in [0.1, 0.15) is 6.54 Å². The molecule has 0 bridgehead atoms. The first-order valence-electron chi connectivity index (χ1n) is 12.0. The summed E-state index contributed by atoms with van der Waals surface area (Å²) in [4.78, 5) is 30.1. The van der Waals surface area contributed by atoms with Crippen LogP contribution >= 0.6 is 0 Å². The third-order valence-electron chi connectivity index (χ3n) is 6.92. The predicted molar refractivity (Wildman–Crippen MR) is 133 cm³/mol. The van der Waals surface area contributed by atoms with E-state index in [1.54, 1.807) is 17.1 Å². The number of piperidine rings is 1. The fourth-order valence-corrected chi connectivity index (χ4v) is 4.82. The van der Waals surface area contributed by atoms with Crippen LogP contribution in [0.25, 0.3) is 0 Å². The molecule has 7 nitrogen and oxygen atoms in total. The summed E-state index contributed by atoms with van der Waals surface area (Å²) in [5.41, 5.74) is 5.81. The zero-order valence-corrected chi connectivity index (χ0v) is 19.8. The lowest BCUT2D eigenvalue weighted by molar-refractivity contribution is -0.132. The molecule has 2 aliphatic rings. The van der Waals surface area contributed by atoms with Crippen LogP contribution in [0.4, 0.5) is 11.4 Å². The number of carbonyl (C=O) groups is 2. The van der Waals surface area contributed by atoms with Crippen LogP contribution in [-0.2, 0) is 24.4 Å². The maximum absolute atomic E-state index is 13.3. The van der Waals surface area contributed by atoms with Crippen LogP contribution < -0.4 is 10.2 Å². The van der Waals surface area contributed by atoms with Crippen LogP contribution in [0, 0.1) is 12.8 Å². The Morgan fingerprint density at radius 2 is 1.85 bits per heavy atom. The average molecular weight is 458 g/mol. The van der Waals surface area contributed by atoms with E-state index in [0.717, 1.165) is 59.9 Å². The average Bonchev–Trinajstić information content (AvgIpc) is 3.49. The molecule has 7 heteroatoms. The molecule has 176 valence electrons. The van der Waals surface area contributed by atoms with Crippen molar-refractivity contribution >= 4 is 23.2 Å². The van der Waals surface area contributed by atoms with E-state index in [1.807, 2.05) is 41.3 Å². The lowest BCUT2D eigenvalue weighted by Gasteiger charge is -2.33. The van der Waals surface area contributed by atoms with E-state index in [-0.39, 0.29) is 18.4 Å². The van der Waals surface area contributed by atoms with E-state index in [4.69, 9.17) is 0 Å². The number of hydrogen-bond donors (Lipinski definition) is 1. The number of benzene rings is 2. The van der Waals surface area contributed by atoms with Gasteiger partial charge in [0.05, 0.1) is 5.56 Å². The smallest absolute Gasteiger partial charge is 0.257 e. The minimum atomic E-state index is -0.0989. The van der Waals surface area contributed by atoms with Crippen molar-refractivity contribution in [3.8, 4) is 0 Å². The Balaban J connectivity index is 1.28. The van der Waals surface area contributed by atoms with Crippen molar-refractivity contribution < 1.29 is 9.59 Å². The zero-order valence-electron chi connectivity index (χ0n) is 19.8. The normalized spacial score (nSPS) is 15.9. The summed E-state index contributed by atoms with van der Waals surface area (Å²) >= 11 is 0. The number of rotatable bonds is 5. The van der Waals surface area contributed by atoms with Crippen LogP contribution in [0.1, 0.15) is 46.8 Å². The number of aromatic nitrogens is 2. The number of anilines is 2. The Kier molecular flexibility index (Phi) is 6.09. The van der Waals surface area contributed by atoms with Gasteiger partial charge in [0.15, 0.2) is 0 Å². The van der Waals surface area contributed by atoms with Gasteiger partial charge in [0.25, 0.3) is 5.91 Å². The van der Waals surface area contributed by atoms with Crippen molar-refractivity contribution in [1.29, 1.82) is 0 Å². The van der Waals surface area contributed by atoms with Gasteiger partial charge in [-0.05, 0) is 72.7 Å². The Hall–Kier alpha value is -3.61. The first-order valence-corrected chi connectivity index (χ1v) is 12.0. The third-order valence-corrected chi connectivity index (χ3v) is 6.92. The summed E-state index contributed by atoms with van der Waals surface area (Å²) in [7, 11) is 0. The van der Waals surface area contributed by atoms with Gasteiger partial charge in [-0.25, -0.2) is 0 Å².